The van der Waals surface area contributed by atoms with Crippen LogP contribution in [0.5, 0.6) is 0 Å². The molecule has 140 valence electrons. The monoisotopic (exact) mass is 372 g/mol. The molecule has 0 aliphatic heterocycles. The average Bonchev–Trinajstić information content (AvgIpc) is 3.44. The van der Waals surface area contributed by atoms with Gasteiger partial charge in [-0.05, 0) is 62.6 Å². The predicted molar refractivity (Wildman–Crippen MR) is 106 cm³/mol. The first-order valence-electron chi connectivity index (χ1n) is 9.46. The lowest BCUT2D eigenvalue weighted by Gasteiger charge is -2.14. The zero-order chi connectivity index (χ0) is 19.1. The lowest BCUT2D eigenvalue weighted by atomic mass is 9.94. The number of hydrogen-bond donors (Lipinski definition) is 0. The number of rotatable bonds is 5. The van der Waals surface area contributed by atoms with Gasteiger partial charge in [0, 0.05) is 11.6 Å². The maximum atomic E-state index is 5.16. The zero-order valence-corrected chi connectivity index (χ0v) is 15.8. The summed E-state index contributed by atoms with van der Waals surface area (Å²) < 4.78 is 1.85. The average molecular weight is 372 g/mol. The Labute approximate surface area is 162 Å². The van der Waals surface area contributed by atoms with Crippen molar-refractivity contribution >= 4 is 22.3 Å². The van der Waals surface area contributed by atoms with Crippen LogP contribution in [0.2, 0.25) is 0 Å². The molecule has 0 unspecified atom stereocenters. The van der Waals surface area contributed by atoms with Gasteiger partial charge < -0.3 is 4.84 Å². The molecule has 0 spiro atoms. The summed E-state index contributed by atoms with van der Waals surface area (Å²) in [5.74, 6) is 0.872. The van der Waals surface area contributed by atoms with Gasteiger partial charge in [0.15, 0.2) is 11.5 Å². The van der Waals surface area contributed by atoms with Gasteiger partial charge in [0.05, 0.1) is 10.9 Å². The van der Waals surface area contributed by atoms with Crippen LogP contribution >= 0.6 is 0 Å². The van der Waals surface area contributed by atoms with Gasteiger partial charge in [-0.15, -0.1) is 10.2 Å². The third kappa shape index (κ3) is 2.62. The molecule has 7 heteroatoms. The molecule has 3 heterocycles. The Hall–Kier alpha value is -3.35. The van der Waals surface area contributed by atoms with E-state index in [1.54, 1.807) is 0 Å². The second-order valence-electron chi connectivity index (χ2n) is 7.10. The van der Waals surface area contributed by atoms with Gasteiger partial charge in [-0.3, -0.25) is 4.98 Å². The SMILES string of the molecule is CCO/N=C(/C)c1ccc2nnc(C3(c4ccc5ncccc5c4)CC3)n2n1. The van der Waals surface area contributed by atoms with Crippen LogP contribution in [0.15, 0.2) is 53.8 Å². The molecular formula is C21H20N6O. The molecule has 0 N–H and O–H groups in total. The minimum atomic E-state index is -0.153. The Bertz CT molecular complexity index is 1210. The Morgan fingerprint density at radius 3 is 2.89 bits per heavy atom. The summed E-state index contributed by atoms with van der Waals surface area (Å²) in [5.41, 5.74) is 4.29. The smallest absolute Gasteiger partial charge is 0.177 e. The molecule has 1 fully saturated rings. The molecule has 1 aliphatic carbocycles. The summed E-state index contributed by atoms with van der Waals surface area (Å²) in [7, 11) is 0. The quantitative estimate of drug-likeness (QED) is 0.396. The second kappa shape index (κ2) is 6.37. The molecule has 0 radical (unpaired) electrons. The van der Waals surface area contributed by atoms with Crippen LogP contribution in [-0.2, 0) is 10.3 Å². The summed E-state index contributed by atoms with van der Waals surface area (Å²) >= 11 is 0. The van der Waals surface area contributed by atoms with Crippen LogP contribution in [0, 0.1) is 0 Å². The number of fused-ring (bicyclic) bond motifs is 2. The Morgan fingerprint density at radius 1 is 1.18 bits per heavy atom. The highest BCUT2D eigenvalue weighted by molar-refractivity contribution is 5.96. The maximum absolute atomic E-state index is 5.16. The first-order valence-corrected chi connectivity index (χ1v) is 9.46. The van der Waals surface area contributed by atoms with Crippen LogP contribution in [0.4, 0.5) is 0 Å². The summed E-state index contributed by atoms with van der Waals surface area (Å²) in [6.45, 7) is 4.32. The Morgan fingerprint density at radius 2 is 2.07 bits per heavy atom. The number of aromatic nitrogens is 5. The van der Waals surface area contributed by atoms with Crippen LogP contribution in [0.3, 0.4) is 0 Å². The van der Waals surface area contributed by atoms with Gasteiger partial charge in [-0.25, -0.2) is 0 Å². The van der Waals surface area contributed by atoms with E-state index in [1.165, 1.54) is 5.56 Å². The molecular weight excluding hydrogens is 352 g/mol. The van der Waals surface area contributed by atoms with E-state index in [0.717, 1.165) is 46.6 Å². The molecule has 0 saturated heterocycles. The highest BCUT2D eigenvalue weighted by atomic mass is 16.6. The first-order chi connectivity index (χ1) is 13.7. The van der Waals surface area contributed by atoms with E-state index in [4.69, 9.17) is 9.94 Å². The molecule has 4 aromatic rings. The molecule has 0 bridgehead atoms. The van der Waals surface area contributed by atoms with Crippen molar-refractivity contribution in [1.29, 1.82) is 0 Å². The van der Waals surface area contributed by atoms with E-state index >= 15 is 0 Å². The van der Waals surface area contributed by atoms with Crippen LogP contribution in [-0.4, -0.2) is 37.1 Å². The van der Waals surface area contributed by atoms with E-state index in [-0.39, 0.29) is 5.41 Å². The molecule has 1 aliphatic rings. The number of pyridine rings is 1. The van der Waals surface area contributed by atoms with Crippen molar-refractivity contribution in [3.05, 3.63) is 65.7 Å². The standard InChI is InChI=1S/C21H20N6O/c1-3-28-26-14(2)17-8-9-19-23-24-20(27(19)25-17)21(10-11-21)16-6-7-18-15(13-16)5-4-12-22-18/h4-9,12-13H,3,10-11H2,1-2H3/b26-14-. The third-order valence-electron chi connectivity index (χ3n) is 5.30. The highest BCUT2D eigenvalue weighted by Gasteiger charge is 2.50. The Kier molecular flexibility index (Phi) is 3.82. The van der Waals surface area contributed by atoms with E-state index in [9.17, 15) is 0 Å². The van der Waals surface area contributed by atoms with Crippen molar-refractivity contribution < 1.29 is 4.84 Å². The molecule has 1 saturated carbocycles. The van der Waals surface area contributed by atoms with Crippen molar-refractivity contribution in [1.82, 2.24) is 24.8 Å². The van der Waals surface area contributed by atoms with Crippen LogP contribution in [0.1, 0.15) is 43.8 Å². The maximum Gasteiger partial charge on any atom is 0.177 e. The van der Waals surface area contributed by atoms with Crippen molar-refractivity contribution in [3.63, 3.8) is 0 Å². The lowest BCUT2D eigenvalue weighted by Crippen LogP contribution is -2.16. The first kappa shape index (κ1) is 16.8. The predicted octanol–water partition coefficient (Wildman–Crippen LogP) is 3.51. The van der Waals surface area contributed by atoms with Gasteiger partial charge in [0.25, 0.3) is 0 Å². The molecule has 3 aromatic heterocycles. The van der Waals surface area contributed by atoms with E-state index in [2.05, 4.69) is 44.6 Å². The van der Waals surface area contributed by atoms with E-state index < -0.39 is 0 Å². The van der Waals surface area contributed by atoms with Gasteiger partial charge in [-0.1, -0.05) is 17.3 Å². The summed E-state index contributed by atoms with van der Waals surface area (Å²) in [6.07, 6.45) is 3.87. The van der Waals surface area contributed by atoms with Crippen LogP contribution in [0.25, 0.3) is 16.6 Å². The minimum absolute atomic E-state index is 0.153. The minimum Gasteiger partial charge on any atom is -0.396 e. The second-order valence-corrected chi connectivity index (χ2v) is 7.10. The molecule has 5 rings (SSSR count). The molecule has 0 atom stereocenters. The third-order valence-corrected chi connectivity index (χ3v) is 5.30. The zero-order valence-electron chi connectivity index (χ0n) is 15.8. The normalized spacial score (nSPS) is 15.9. The van der Waals surface area contributed by atoms with Gasteiger partial charge in [0.2, 0.25) is 0 Å². The number of oxime groups is 1. The van der Waals surface area contributed by atoms with E-state index in [0.29, 0.717) is 6.61 Å². The van der Waals surface area contributed by atoms with Crippen molar-refractivity contribution in [2.24, 2.45) is 5.16 Å². The topological polar surface area (TPSA) is 77.6 Å². The fourth-order valence-electron chi connectivity index (χ4n) is 3.63. The highest BCUT2D eigenvalue weighted by Crippen LogP contribution is 2.52. The lowest BCUT2D eigenvalue weighted by molar-refractivity contribution is 0.159. The van der Waals surface area contributed by atoms with Crippen molar-refractivity contribution in [2.75, 3.05) is 6.61 Å². The largest absolute Gasteiger partial charge is 0.396 e. The fraction of sp³-hybridized carbons (Fsp3) is 0.286. The van der Waals surface area contributed by atoms with E-state index in [1.807, 2.05) is 42.8 Å². The fourth-order valence-corrected chi connectivity index (χ4v) is 3.63. The summed E-state index contributed by atoms with van der Waals surface area (Å²) in [4.78, 5) is 9.59. The summed E-state index contributed by atoms with van der Waals surface area (Å²) in [5, 5.41) is 18.8. The molecule has 7 nitrogen and oxygen atoms in total. The van der Waals surface area contributed by atoms with Gasteiger partial charge >= 0.3 is 0 Å². The number of nitrogens with zero attached hydrogens (tertiary/aromatic N) is 6. The number of benzene rings is 1. The van der Waals surface area contributed by atoms with Gasteiger partial charge in [0.1, 0.15) is 18.0 Å². The molecule has 1 aromatic carbocycles. The van der Waals surface area contributed by atoms with Crippen molar-refractivity contribution in [2.45, 2.75) is 32.1 Å². The number of hydrogen-bond acceptors (Lipinski definition) is 6. The van der Waals surface area contributed by atoms with Crippen LogP contribution < -0.4 is 0 Å². The summed E-state index contributed by atoms with van der Waals surface area (Å²) in [6, 6.07) is 14.3. The molecule has 28 heavy (non-hydrogen) atoms. The Balaban J connectivity index is 1.61. The molecule has 0 amide bonds. The van der Waals surface area contributed by atoms with Gasteiger partial charge in [-0.2, -0.15) is 9.61 Å². The van der Waals surface area contributed by atoms with Crippen molar-refractivity contribution in [3.8, 4) is 0 Å².